The van der Waals surface area contributed by atoms with E-state index >= 15 is 0 Å². The monoisotopic (exact) mass is 398 g/mol. The van der Waals surface area contributed by atoms with Gasteiger partial charge in [-0.1, -0.05) is 15.9 Å². The number of hydrogen-bond donors (Lipinski definition) is 0. The molecule has 0 unspecified atom stereocenters. The fraction of sp³-hybridized carbons (Fsp3) is 0.438. The molecule has 24 heavy (non-hydrogen) atoms. The summed E-state index contributed by atoms with van der Waals surface area (Å²) in [4.78, 5) is 38.8. The molecule has 0 spiro atoms. The Balaban J connectivity index is 1.77. The summed E-state index contributed by atoms with van der Waals surface area (Å²) in [6.45, 7) is 1.62. The van der Waals surface area contributed by atoms with Gasteiger partial charge in [-0.15, -0.1) is 0 Å². The van der Waals surface area contributed by atoms with Crippen molar-refractivity contribution < 1.29 is 23.9 Å². The number of hydrogen-bond acceptors (Lipinski definition) is 5. The number of halogens is 1. The zero-order valence-electron chi connectivity index (χ0n) is 13.4. The number of esters is 1. The van der Waals surface area contributed by atoms with Crippen molar-refractivity contribution in [3.63, 3.8) is 0 Å². The molecule has 2 rings (SSSR count). The number of ether oxygens (including phenoxy) is 2. The molecule has 0 aromatic heterocycles. The van der Waals surface area contributed by atoms with E-state index in [-0.39, 0.29) is 12.5 Å². The second-order valence-corrected chi connectivity index (χ2v) is 6.24. The van der Waals surface area contributed by atoms with Gasteiger partial charge >= 0.3 is 5.97 Å². The summed E-state index contributed by atoms with van der Waals surface area (Å²) in [5.41, 5.74) is 0.359. The Morgan fingerprint density at radius 3 is 2.46 bits per heavy atom. The molecule has 1 aromatic carbocycles. The van der Waals surface area contributed by atoms with Crippen LogP contribution in [0.5, 0.6) is 0 Å². The fourth-order valence-corrected chi connectivity index (χ4v) is 2.37. The van der Waals surface area contributed by atoms with Crippen LogP contribution in [0.3, 0.4) is 0 Å². The molecule has 0 N–H and O–H groups in total. The van der Waals surface area contributed by atoms with Gasteiger partial charge in [0.05, 0.1) is 25.3 Å². The van der Waals surface area contributed by atoms with E-state index in [4.69, 9.17) is 9.47 Å². The van der Waals surface area contributed by atoms with E-state index < -0.39 is 18.5 Å². The highest BCUT2D eigenvalue weighted by molar-refractivity contribution is 9.10. The van der Waals surface area contributed by atoms with Gasteiger partial charge in [0.1, 0.15) is 0 Å². The minimum absolute atomic E-state index is 0.0470. The Kier molecular flexibility index (Phi) is 6.74. The first-order chi connectivity index (χ1) is 11.5. The van der Waals surface area contributed by atoms with Crippen LogP contribution in [0.4, 0.5) is 0 Å². The second-order valence-electron chi connectivity index (χ2n) is 5.33. The number of benzene rings is 1. The maximum absolute atomic E-state index is 12.1. The van der Waals surface area contributed by atoms with E-state index in [1.165, 1.54) is 11.9 Å². The predicted molar refractivity (Wildman–Crippen MR) is 89.5 cm³/mol. The molecule has 0 saturated carbocycles. The summed E-state index contributed by atoms with van der Waals surface area (Å²) in [7, 11) is 1.51. The summed E-state index contributed by atoms with van der Waals surface area (Å²) < 4.78 is 11.0. The van der Waals surface area contributed by atoms with Gasteiger partial charge < -0.3 is 19.3 Å². The molecule has 1 fully saturated rings. The molecule has 0 aliphatic carbocycles. The van der Waals surface area contributed by atoms with E-state index in [0.29, 0.717) is 31.9 Å². The van der Waals surface area contributed by atoms with Gasteiger partial charge in [0.15, 0.2) is 6.61 Å². The predicted octanol–water partition coefficient (Wildman–Crippen LogP) is 0.923. The molecule has 1 heterocycles. The zero-order chi connectivity index (χ0) is 17.5. The molecule has 8 heteroatoms. The van der Waals surface area contributed by atoms with Crippen molar-refractivity contribution in [1.82, 2.24) is 9.80 Å². The highest BCUT2D eigenvalue weighted by Crippen LogP contribution is 2.11. The Hall–Kier alpha value is -1.93. The third-order valence-corrected chi connectivity index (χ3v) is 4.10. The van der Waals surface area contributed by atoms with Crippen LogP contribution in [-0.4, -0.2) is 74.1 Å². The van der Waals surface area contributed by atoms with Crippen molar-refractivity contribution in [1.29, 1.82) is 0 Å². The molecule has 7 nitrogen and oxygen atoms in total. The fourth-order valence-electron chi connectivity index (χ4n) is 2.11. The van der Waals surface area contributed by atoms with Crippen LogP contribution in [0.1, 0.15) is 10.4 Å². The topological polar surface area (TPSA) is 76.2 Å². The van der Waals surface area contributed by atoms with E-state index in [9.17, 15) is 14.4 Å². The number of nitrogens with zero attached hydrogens (tertiary/aromatic N) is 2. The molecular weight excluding hydrogens is 380 g/mol. The van der Waals surface area contributed by atoms with Crippen LogP contribution in [0.15, 0.2) is 28.7 Å². The van der Waals surface area contributed by atoms with Crippen molar-refractivity contribution in [3.05, 3.63) is 34.3 Å². The Morgan fingerprint density at radius 2 is 1.83 bits per heavy atom. The molecule has 1 aliphatic heterocycles. The van der Waals surface area contributed by atoms with Gasteiger partial charge in [0.25, 0.3) is 5.91 Å². The molecule has 0 radical (unpaired) electrons. The summed E-state index contributed by atoms with van der Waals surface area (Å²) in [6, 6.07) is 6.63. The van der Waals surface area contributed by atoms with Crippen LogP contribution in [0.25, 0.3) is 0 Å². The van der Waals surface area contributed by atoms with E-state index in [0.717, 1.165) is 4.47 Å². The minimum atomic E-state index is -0.580. The second kappa shape index (κ2) is 8.79. The van der Waals surface area contributed by atoms with Crippen LogP contribution >= 0.6 is 15.9 Å². The lowest BCUT2D eigenvalue weighted by molar-refractivity contribution is -0.143. The van der Waals surface area contributed by atoms with Gasteiger partial charge in [-0.2, -0.15) is 0 Å². The molecule has 130 valence electrons. The van der Waals surface area contributed by atoms with Gasteiger partial charge in [0, 0.05) is 24.6 Å². The number of morpholine rings is 1. The SMILES string of the molecule is CN(CC(=O)N1CCOCC1)C(=O)COC(=O)c1ccc(Br)cc1. The van der Waals surface area contributed by atoms with Crippen LogP contribution in [-0.2, 0) is 19.1 Å². The van der Waals surface area contributed by atoms with E-state index in [1.807, 2.05) is 0 Å². The van der Waals surface area contributed by atoms with E-state index in [2.05, 4.69) is 15.9 Å². The lowest BCUT2D eigenvalue weighted by atomic mass is 10.2. The first-order valence-corrected chi connectivity index (χ1v) is 8.29. The number of carbonyl (C=O) groups excluding carboxylic acids is 3. The van der Waals surface area contributed by atoms with Gasteiger partial charge in [-0.25, -0.2) is 4.79 Å². The molecule has 1 saturated heterocycles. The van der Waals surface area contributed by atoms with Crippen LogP contribution in [0, 0.1) is 0 Å². The quantitative estimate of drug-likeness (QED) is 0.689. The molecule has 0 bridgehead atoms. The molecule has 1 aromatic rings. The van der Waals surface area contributed by atoms with Crippen molar-refractivity contribution in [2.24, 2.45) is 0 Å². The number of rotatable bonds is 5. The number of amides is 2. The maximum Gasteiger partial charge on any atom is 0.338 e. The van der Waals surface area contributed by atoms with Crippen molar-refractivity contribution in [3.8, 4) is 0 Å². The van der Waals surface area contributed by atoms with Gasteiger partial charge in [-0.05, 0) is 24.3 Å². The standard InChI is InChI=1S/C16H19BrN2O5/c1-18(10-14(20)19-6-8-23-9-7-19)15(21)11-24-16(22)12-2-4-13(17)5-3-12/h2-5H,6-11H2,1H3. The van der Waals surface area contributed by atoms with Crippen LogP contribution in [0.2, 0.25) is 0 Å². The summed E-state index contributed by atoms with van der Waals surface area (Å²) in [5.74, 6) is -1.15. The number of carbonyl (C=O) groups is 3. The van der Waals surface area contributed by atoms with Crippen molar-refractivity contribution in [2.75, 3.05) is 46.5 Å². The lowest BCUT2D eigenvalue weighted by Gasteiger charge is -2.28. The summed E-state index contributed by atoms with van der Waals surface area (Å²) >= 11 is 3.27. The highest BCUT2D eigenvalue weighted by Gasteiger charge is 2.21. The van der Waals surface area contributed by atoms with Crippen molar-refractivity contribution >= 4 is 33.7 Å². The average molecular weight is 399 g/mol. The zero-order valence-corrected chi connectivity index (χ0v) is 15.0. The normalized spacial score (nSPS) is 14.2. The summed E-state index contributed by atoms with van der Waals surface area (Å²) in [5, 5.41) is 0. The largest absolute Gasteiger partial charge is 0.452 e. The lowest BCUT2D eigenvalue weighted by Crippen LogP contribution is -2.46. The van der Waals surface area contributed by atoms with Crippen LogP contribution < -0.4 is 0 Å². The maximum atomic E-state index is 12.1. The third kappa shape index (κ3) is 5.31. The minimum Gasteiger partial charge on any atom is -0.452 e. The Labute approximate surface area is 148 Å². The van der Waals surface area contributed by atoms with Crippen molar-refractivity contribution in [2.45, 2.75) is 0 Å². The third-order valence-electron chi connectivity index (χ3n) is 3.57. The molecule has 2 amide bonds. The van der Waals surface area contributed by atoms with Gasteiger partial charge in [-0.3, -0.25) is 9.59 Å². The first-order valence-electron chi connectivity index (χ1n) is 7.49. The molecule has 1 aliphatic rings. The molecular formula is C16H19BrN2O5. The first kappa shape index (κ1) is 18.4. The molecule has 0 atom stereocenters. The van der Waals surface area contributed by atoms with Gasteiger partial charge in [0.2, 0.25) is 5.91 Å². The average Bonchev–Trinajstić information content (AvgIpc) is 2.60. The highest BCUT2D eigenvalue weighted by atomic mass is 79.9. The Bertz CT molecular complexity index is 599. The van der Waals surface area contributed by atoms with E-state index in [1.54, 1.807) is 29.2 Å². The smallest absolute Gasteiger partial charge is 0.338 e. The Morgan fingerprint density at radius 1 is 1.21 bits per heavy atom. The summed E-state index contributed by atoms with van der Waals surface area (Å²) in [6.07, 6.45) is 0. The number of likely N-dealkylation sites (N-methyl/N-ethyl adjacent to an activating group) is 1.